The molecule has 0 aromatic rings. The Morgan fingerprint density at radius 1 is 1.21 bits per heavy atom. The van der Waals surface area contributed by atoms with E-state index >= 15 is 0 Å². The van der Waals surface area contributed by atoms with Gasteiger partial charge in [0.15, 0.2) is 0 Å². The number of nitrogens with two attached hydrogens (primary N) is 2. The van der Waals surface area contributed by atoms with Crippen molar-refractivity contribution in [1.29, 1.82) is 0 Å². The monoisotopic (exact) mass is 200 g/mol. The van der Waals surface area contributed by atoms with E-state index in [4.69, 9.17) is 11.5 Å². The Kier molecular flexibility index (Phi) is 6.12. The number of hydrogen-bond acceptors (Lipinski definition) is 3. The highest BCUT2D eigenvalue weighted by Crippen LogP contribution is 2.13. The van der Waals surface area contributed by atoms with Crippen LogP contribution in [0.25, 0.3) is 0 Å². The van der Waals surface area contributed by atoms with Gasteiger partial charge in [-0.25, -0.2) is 0 Å². The van der Waals surface area contributed by atoms with E-state index in [0.717, 1.165) is 12.8 Å². The molecule has 0 aliphatic carbocycles. The van der Waals surface area contributed by atoms with Gasteiger partial charge in [0.05, 0.1) is 5.92 Å². The number of hydrogen-bond donors (Lipinski definition) is 2. The Hall–Kier alpha value is -0.900. The van der Waals surface area contributed by atoms with Gasteiger partial charge in [0.1, 0.15) is 5.78 Å². The average Bonchev–Trinajstić information content (AvgIpc) is 2.10. The number of carbonyl (C=O) groups excluding carboxylic acids is 2. The molecule has 1 unspecified atom stereocenters. The molecule has 0 aliphatic heterocycles. The van der Waals surface area contributed by atoms with Crippen molar-refractivity contribution in [3.8, 4) is 0 Å². The highest BCUT2D eigenvalue weighted by atomic mass is 16.2. The molecule has 82 valence electrons. The van der Waals surface area contributed by atoms with Crippen LogP contribution in [0.15, 0.2) is 0 Å². The maximum absolute atomic E-state index is 11.5. The van der Waals surface area contributed by atoms with E-state index in [1.165, 1.54) is 0 Å². The molecule has 0 aromatic carbocycles. The summed E-state index contributed by atoms with van der Waals surface area (Å²) in [5.74, 6) is -1.33. The summed E-state index contributed by atoms with van der Waals surface area (Å²) in [6, 6.07) is 0. The second kappa shape index (κ2) is 6.54. The van der Waals surface area contributed by atoms with Crippen LogP contribution < -0.4 is 11.5 Å². The number of amides is 1. The van der Waals surface area contributed by atoms with Gasteiger partial charge in [0.25, 0.3) is 0 Å². The predicted octanol–water partition coefficient (Wildman–Crippen LogP) is 0.442. The van der Waals surface area contributed by atoms with Crippen molar-refractivity contribution >= 4 is 11.7 Å². The molecule has 1 amide bonds. The molecule has 0 radical (unpaired) electrons. The Morgan fingerprint density at radius 2 is 1.79 bits per heavy atom. The van der Waals surface area contributed by atoms with Crippen molar-refractivity contribution in [2.75, 3.05) is 6.54 Å². The van der Waals surface area contributed by atoms with Gasteiger partial charge in [0, 0.05) is 5.92 Å². The van der Waals surface area contributed by atoms with Crippen LogP contribution in [0.3, 0.4) is 0 Å². The molecule has 4 nitrogen and oxygen atoms in total. The molecule has 4 N–H and O–H groups in total. The van der Waals surface area contributed by atoms with E-state index < -0.39 is 11.8 Å². The minimum Gasteiger partial charge on any atom is -0.369 e. The van der Waals surface area contributed by atoms with Gasteiger partial charge in [-0.2, -0.15) is 0 Å². The first kappa shape index (κ1) is 13.1. The lowest BCUT2D eigenvalue weighted by Crippen LogP contribution is -2.33. The fraction of sp³-hybridized carbons (Fsp3) is 0.800. The maximum atomic E-state index is 11.5. The van der Waals surface area contributed by atoms with Crippen molar-refractivity contribution in [3.05, 3.63) is 0 Å². The fourth-order valence-corrected chi connectivity index (χ4v) is 1.32. The van der Waals surface area contributed by atoms with Crippen LogP contribution >= 0.6 is 0 Å². The molecule has 0 heterocycles. The number of ketones is 1. The Bertz CT molecular complexity index is 202. The SMILES string of the molecule is CC(C)C(=O)C(CCCCN)C(N)=O. The van der Waals surface area contributed by atoms with Gasteiger partial charge in [-0.1, -0.05) is 20.3 Å². The number of carbonyl (C=O) groups is 2. The number of primary amides is 1. The minimum absolute atomic E-state index is 0.0606. The summed E-state index contributed by atoms with van der Waals surface area (Å²) in [7, 11) is 0. The molecule has 0 fully saturated rings. The van der Waals surface area contributed by atoms with Crippen LogP contribution in [0.1, 0.15) is 33.1 Å². The summed E-state index contributed by atoms with van der Waals surface area (Å²) in [6.45, 7) is 4.14. The number of unbranched alkanes of at least 4 members (excludes halogenated alkanes) is 1. The summed E-state index contributed by atoms with van der Waals surface area (Å²) >= 11 is 0. The van der Waals surface area contributed by atoms with Crippen molar-refractivity contribution in [3.63, 3.8) is 0 Å². The number of Topliss-reactive ketones (excluding diaryl/α,β-unsaturated/α-hetero) is 1. The van der Waals surface area contributed by atoms with E-state index in [9.17, 15) is 9.59 Å². The van der Waals surface area contributed by atoms with Crippen LogP contribution in [0.2, 0.25) is 0 Å². The molecule has 0 aromatic heterocycles. The molecule has 0 bridgehead atoms. The first-order valence-electron chi connectivity index (χ1n) is 5.03. The van der Waals surface area contributed by atoms with Gasteiger partial charge < -0.3 is 11.5 Å². The van der Waals surface area contributed by atoms with Crippen molar-refractivity contribution in [1.82, 2.24) is 0 Å². The van der Waals surface area contributed by atoms with Crippen LogP contribution in [-0.4, -0.2) is 18.2 Å². The Labute approximate surface area is 85.0 Å². The van der Waals surface area contributed by atoms with Crippen LogP contribution in [0, 0.1) is 11.8 Å². The first-order chi connectivity index (χ1) is 6.50. The van der Waals surface area contributed by atoms with Gasteiger partial charge >= 0.3 is 0 Å². The quantitative estimate of drug-likeness (QED) is 0.462. The Morgan fingerprint density at radius 3 is 2.14 bits per heavy atom. The van der Waals surface area contributed by atoms with E-state index in [-0.39, 0.29) is 11.7 Å². The zero-order chi connectivity index (χ0) is 11.1. The third kappa shape index (κ3) is 4.37. The lowest BCUT2D eigenvalue weighted by atomic mass is 9.90. The van der Waals surface area contributed by atoms with Gasteiger partial charge in [-0.15, -0.1) is 0 Å². The normalized spacial score (nSPS) is 12.9. The summed E-state index contributed by atoms with van der Waals surface area (Å²) < 4.78 is 0. The second-order valence-corrected chi connectivity index (χ2v) is 3.80. The van der Waals surface area contributed by atoms with Crippen molar-refractivity contribution < 1.29 is 9.59 Å². The smallest absolute Gasteiger partial charge is 0.228 e. The molecular weight excluding hydrogens is 180 g/mol. The molecule has 0 spiro atoms. The van der Waals surface area contributed by atoms with Gasteiger partial charge in [0.2, 0.25) is 5.91 Å². The lowest BCUT2D eigenvalue weighted by molar-refractivity contribution is -0.134. The average molecular weight is 200 g/mol. The summed E-state index contributed by atoms with van der Waals surface area (Å²) in [5, 5.41) is 0. The summed E-state index contributed by atoms with van der Waals surface area (Å²) in [5.41, 5.74) is 10.5. The molecule has 0 saturated heterocycles. The molecule has 1 atom stereocenters. The van der Waals surface area contributed by atoms with Crippen molar-refractivity contribution in [2.24, 2.45) is 23.3 Å². The minimum atomic E-state index is -0.624. The zero-order valence-electron chi connectivity index (χ0n) is 8.95. The summed E-state index contributed by atoms with van der Waals surface area (Å²) in [6.07, 6.45) is 2.14. The van der Waals surface area contributed by atoms with Gasteiger partial charge in [-0.05, 0) is 19.4 Å². The highest BCUT2D eigenvalue weighted by molar-refractivity contribution is 6.01. The van der Waals surface area contributed by atoms with Gasteiger partial charge in [-0.3, -0.25) is 9.59 Å². The largest absolute Gasteiger partial charge is 0.369 e. The molecule has 0 aliphatic rings. The van der Waals surface area contributed by atoms with E-state index in [0.29, 0.717) is 13.0 Å². The standard InChI is InChI=1S/C10H20N2O2/c1-7(2)9(13)8(10(12)14)5-3-4-6-11/h7-8H,3-6,11H2,1-2H3,(H2,12,14). The topological polar surface area (TPSA) is 86.2 Å². The lowest BCUT2D eigenvalue weighted by Gasteiger charge is -2.13. The van der Waals surface area contributed by atoms with Crippen LogP contribution in [0.5, 0.6) is 0 Å². The third-order valence-electron chi connectivity index (χ3n) is 2.20. The highest BCUT2D eigenvalue weighted by Gasteiger charge is 2.25. The molecule has 0 saturated carbocycles. The first-order valence-corrected chi connectivity index (χ1v) is 5.03. The van der Waals surface area contributed by atoms with Crippen LogP contribution in [-0.2, 0) is 9.59 Å². The van der Waals surface area contributed by atoms with Crippen LogP contribution in [0.4, 0.5) is 0 Å². The molecule has 14 heavy (non-hydrogen) atoms. The summed E-state index contributed by atoms with van der Waals surface area (Å²) in [4.78, 5) is 22.6. The third-order valence-corrected chi connectivity index (χ3v) is 2.20. The Balaban J connectivity index is 4.16. The van der Waals surface area contributed by atoms with E-state index in [1.54, 1.807) is 13.8 Å². The molecule has 0 rings (SSSR count). The molecular formula is C10H20N2O2. The fourth-order valence-electron chi connectivity index (χ4n) is 1.32. The number of rotatable bonds is 7. The zero-order valence-corrected chi connectivity index (χ0v) is 8.95. The van der Waals surface area contributed by atoms with E-state index in [2.05, 4.69) is 0 Å². The van der Waals surface area contributed by atoms with Crippen molar-refractivity contribution in [2.45, 2.75) is 33.1 Å². The second-order valence-electron chi connectivity index (χ2n) is 3.80. The molecule has 4 heteroatoms. The van der Waals surface area contributed by atoms with E-state index in [1.807, 2.05) is 0 Å². The predicted molar refractivity (Wildman–Crippen MR) is 55.4 cm³/mol. The maximum Gasteiger partial charge on any atom is 0.228 e.